The van der Waals surface area contributed by atoms with Crippen LogP contribution >= 0.6 is 15.9 Å². The molecule has 2 amide bonds. The number of aromatic nitrogens is 1. The summed E-state index contributed by atoms with van der Waals surface area (Å²) >= 11 is 3.51. The summed E-state index contributed by atoms with van der Waals surface area (Å²) in [5.41, 5.74) is 2.13. The minimum absolute atomic E-state index is 0.0297. The van der Waals surface area contributed by atoms with E-state index in [1.807, 2.05) is 36.4 Å². The van der Waals surface area contributed by atoms with Crippen molar-refractivity contribution >= 4 is 33.4 Å². The number of carbonyl (C=O) groups is 2. The number of imide groups is 1. The molecule has 0 bridgehead atoms. The number of hydrogen-bond donors (Lipinski definition) is 0. The van der Waals surface area contributed by atoms with E-state index in [9.17, 15) is 9.59 Å². The molecule has 2 aromatic carbocycles. The van der Waals surface area contributed by atoms with Crippen molar-refractivity contribution in [3.63, 3.8) is 0 Å². The Hall–Kier alpha value is -2.99. The Morgan fingerprint density at radius 1 is 1.17 bits per heavy atom. The van der Waals surface area contributed by atoms with Crippen LogP contribution in [0.15, 0.2) is 71.3 Å². The number of rotatable bonds is 3. The summed E-state index contributed by atoms with van der Waals surface area (Å²) in [4.78, 5) is 32.7. The van der Waals surface area contributed by atoms with Gasteiger partial charge in [-0.3, -0.25) is 14.6 Å². The Morgan fingerprint density at radius 2 is 1.97 bits per heavy atom. The molecule has 2 aliphatic rings. The number of pyridine rings is 1. The maximum Gasteiger partial charge on any atom is 0.265 e. The van der Waals surface area contributed by atoms with Gasteiger partial charge in [0.1, 0.15) is 5.75 Å². The topological polar surface area (TPSA) is 59.5 Å². The maximum absolute atomic E-state index is 13.6. The van der Waals surface area contributed by atoms with E-state index in [1.54, 1.807) is 37.6 Å². The van der Waals surface area contributed by atoms with E-state index < -0.39 is 5.41 Å². The Labute approximate surface area is 176 Å². The second-order valence-electron chi connectivity index (χ2n) is 7.32. The van der Waals surface area contributed by atoms with Gasteiger partial charge in [0, 0.05) is 27.8 Å². The van der Waals surface area contributed by atoms with Gasteiger partial charge < -0.3 is 4.74 Å². The number of amides is 2. The molecule has 0 N–H and O–H groups in total. The lowest BCUT2D eigenvalue weighted by Gasteiger charge is -2.16. The highest BCUT2D eigenvalue weighted by atomic mass is 79.9. The molecule has 1 aromatic heterocycles. The van der Waals surface area contributed by atoms with Gasteiger partial charge in [0.15, 0.2) is 0 Å². The van der Waals surface area contributed by atoms with E-state index in [1.165, 1.54) is 4.90 Å². The largest absolute Gasteiger partial charge is 0.497 e. The highest BCUT2D eigenvalue weighted by Gasteiger charge is 2.68. The molecule has 1 aliphatic carbocycles. The molecule has 0 radical (unpaired) electrons. The molecule has 2 atom stereocenters. The molecule has 144 valence electrons. The highest BCUT2D eigenvalue weighted by Crippen LogP contribution is 2.66. The van der Waals surface area contributed by atoms with Gasteiger partial charge in [-0.15, -0.1) is 0 Å². The van der Waals surface area contributed by atoms with Crippen molar-refractivity contribution in [2.24, 2.45) is 0 Å². The molecule has 0 saturated heterocycles. The zero-order valence-corrected chi connectivity index (χ0v) is 17.2. The third kappa shape index (κ3) is 2.63. The van der Waals surface area contributed by atoms with Crippen molar-refractivity contribution in [3.05, 3.63) is 88.2 Å². The fourth-order valence-electron chi connectivity index (χ4n) is 4.29. The van der Waals surface area contributed by atoms with Gasteiger partial charge in [-0.05, 0) is 66.6 Å². The smallest absolute Gasteiger partial charge is 0.265 e. The molecule has 6 heteroatoms. The quantitative estimate of drug-likeness (QED) is 0.554. The van der Waals surface area contributed by atoms with Crippen LogP contribution in [0.3, 0.4) is 0 Å². The third-order valence-corrected chi connectivity index (χ3v) is 6.30. The molecular formula is C23H17BrN2O3. The molecule has 0 unspecified atom stereocenters. The van der Waals surface area contributed by atoms with Gasteiger partial charge in [0.2, 0.25) is 5.91 Å². The van der Waals surface area contributed by atoms with E-state index in [0.717, 1.165) is 15.7 Å². The molecule has 2 heterocycles. The summed E-state index contributed by atoms with van der Waals surface area (Å²) in [6.07, 6.45) is 2.39. The monoisotopic (exact) mass is 448 g/mol. The van der Waals surface area contributed by atoms with Crippen LogP contribution in [0.25, 0.3) is 0 Å². The van der Waals surface area contributed by atoms with Crippen molar-refractivity contribution in [2.45, 2.75) is 17.8 Å². The molecule has 1 saturated carbocycles. The molecule has 5 rings (SSSR count). The van der Waals surface area contributed by atoms with Crippen LogP contribution in [-0.2, 0) is 10.2 Å². The lowest BCUT2D eigenvalue weighted by molar-refractivity contribution is -0.119. The number of methoxy groups -OCH3 is 1. The van der Waals surface area contributed by atoms with Gasteiger partial charge in [0.25, 0.3) is 5.91 Å². The predicted molar refractivity (Wildman–Crippen MR) is 112 cm³/mol. The summed E-state index contributed by atoms with van der Waals surface area (Å²) in [6.45, 7) is 0. The fraction of sp³-hybridized carbons (Fsp3) is 0.174. The molecular weight excluding hydrogens is 432 g/mol. The molecule has 3 aromatic rings. The van der Waals surface area contributed by atoms with Gasteiger partial charge >= 0.3 is 0 Å². The van der Waals surface area contributed by atoms with E-state index in [0.29, 0.717) is 23.4 Å². The zero-order valence-electron chi connectivity index (χ0n) is 15.6. The highest BCUT2D eigenvalue weighted by molar-refractivity contribution is 9.10. The SMILES string of the molecule is COc1ccc(C(=O)N2C(=O)[C@@]3(C[C@@H]3c3ccccn3)c3cc(Br)ccc32)cc1. The Balaban J connectivity index is 1.58. The number of anilines is 1. The first kappa shape index (κ1) is 18.1. The Kier molecular flexibility index (Phi) is 4.06. The van der Waals surface area contributed by atoms with Crippen LogP contribution in [0.5, 0.6) is 5.75 Å². The van der Waals surface area contributed by atoms with Crippen LogP contribution in [0.2, 0.25) is 0 Å². The average molecular weight is 449 g/mol. The number of carbonyl (C=O) groups excluding carboxylic acids is 2. The second kappa shape index (κ2) is 6.52. The fourth-order valence-corrected chi connectivity index (χ4v) is 4.65. The Morgan fingerprint density at radius 3 is 2.66 bits per heavy atom. The van der Waals surface area contributed by atoms with Crippen molar-refractivity contribution in [1.29, 1.82) is 0 Å². The number of nitrogens with zero attached hydrogens (tertiary/aromatic N) is 2. The summed E-state index contributed by atoms with van der Waals surface area (Å²) in [7, 11) is 1.57. The van der Waals surface area contributed by atoms with Crippen LogP contribution in [0, 0.1) is 0 Å². The summed E-state index contributed by atoms with van der Waals surface area (Å²) in [5.74, 6) is 0.122. The van der Waals surface area contributed by atoms with E-state index in [2.05, 4.69) is 20.9 Å². The first-order valence-electron chi connectivity index (χ1n) is 9.30. The first-order valence-corrected chi connectivity index (χ1v) is 10.1. The van der Waals surface area contributed by atoms with E-state index in [-0.39, 0.29) is 17.7 Å². The molecule has 5 nitrogen and oxygen atoms in total. The van der Waals surface area contributed by atoms with Crippen molar-refractivity contribution in [2.75, 3.05) is 12.0 Å². The van der Waals surface area contributed by atoms with Crippen LogP contribution in [0.1, 0.15) is 34.0 Å². The lowest BCUT2D eigenvalue weighted by atomic mass is 9.93. The van der Waals surface area contributed by atoms with Gasteiger partial charge in [-0.25, -0.2) is 4.90 Å². The predicted octanol–water partition coefficient (Wildman–Crippen LogP) is 4.47. The van der Waals surface area contributed by atoms with Crippen molar-refractivity contribution < 1.29 is 14.3 Å². The second-order valence-corrected chi connectivity index (χ2v) is 8.23. The third-order valence-electron chi connectivity index (χ3n) is 5.81. The lowest BCUT2D eigenvalue weighted by Crippen LogP contribution is -2.38. The number of fused-ring (bicyclic) bond motifs is 2. The first-order chi connectivity index (χ1) is 14.1. The number of benzene rings is 2. The number of hydrogen-bond acceptors (Lipinski definition) is 4. The maximum atomic E-state index is 13.6. The Bertz CT molecular complexity index is 1130. The van der Waals surface area contributed by atoms with E-state index >= 15 is 0 Å². The molecule has 1 spiro atoms. The van der Waals surface area contributed by atoms with E-state index in [4.69, 9.17) is 4.74 Å². The number of ether oxygens (including phenoxy) is 1. The summed E-state index contributed by atoms with van der Waals surface area (Å²) in [6, 6.07) is 18.2. The van der Waals surface area contributed by atoms with Gasteiger partial charge in [-0.2, -0.15) is 0 Å². The van der Waals surface area contributed by atoms with Crippen LogP contribution in [-0.4, -0.2) is 23.9 Å². The molecule has 29 heavy (non-hydrogen) atoms. The van der Waals surface area contributed by atoms with Crippen molar-refractivity contribution in [3.8, 4) is 5.75 Å². The van der Waals surface area contributed by atoms with Gasteiger partial charge in [0.05, 0.1) is 18.2 Å². The molecule has 1 aliphatic heterocycles. The average Bonchev–Trinajstić information content (AvgIpc) is 3.47. The number of halogens is 1. The minimum atomic E-state index is -0.727. The summed E-state index contributed by atoms with van der Waals surface area (Å²) in [5, 5.41) is 0. The van der Waals surface area contributed by atoms with Gasteiger partial charge in [-0.1, -0.05) is 22.0 Å². The normalized spacial score (nSPS) is 21.9. The van der Waals surface area contributed by atoms with Crippen LogP contribution < -0.4 is 9.64 Å². The zero-order chi connectivity index (χ0) is 20.2. The minimum Gasteiger partial charge on any atom is -0.497 e. The van der Waals surface area contributed by atoms with Crippen molar-refractivity contribution in [1.82, 2.24) is 4.98 Å². The van der Waals surface area contributed by atoms with Crippen LogP contribution in [0.4, 0.5) is 5.69 Å². The molecule has 1 fully saturated rings. The summed E-state index contributed by atoms with van der Waals surface area (Å²) < 4.78 is 6.05. The standard InChI is InChI=1S/C23H17BrN2O3/c1-29-16-8-5-14(6-9-16)21(27)26-20-10-7-15(24)12-17(20)23(22(26)28)13-18(23)19-4-2-3-11-25-19/h2-12,18H,13H2,1H3/t18-,23+/m1/s1.